The second kappa shape index (κ2) is 8.41. The molecule has 0 radical (unpaired) electrons. The Labute approximate surface area is 186 Å². The molecule has 1 fully saturated rings. The Bertz CT molecular complexity index is 1230. The standard InChI is InChI=1S/C25H26N2O5/c1-16-7-8-20-18(15-16)23(28)21-22(17-5-3-4-6-19(17)30-2)27(25(29)24(21)32-20)10-9-26-11-13-31-14-12-26/h3-8,15,22H,9-14H2,1-2H3/t22-/m0/s1. The van der Waals surface area contributed by atoms with Crippen molar-refractivity contribution >= 4 is 16.9 Å². The summed E-state index contributed by atoms with van der Waals surface area (Å²) in [5, 5.41) is 0.492. The highest BCUT2D eigenvalue weighted by Crippen LogP contribution is 2.41. The minimum absolute atomic E-state index is 0.129. The van der Waals surface area contributed by atoms with Crippen LogP contribution in [0.2, 0.25) is 0 Å². The van der Waals surface area contributed by atoms with Crippen LogP contribution < -0.4 is 10.2 Å². The van der Waals surface area contributed by atoms with E-state index in [2.05, 4.69) is 4.90 Å². The van der Waals surface area contributed by atoms with Crippen LogP contribution in [-0.2, 0) is 4.74 Å². The molecule has 7 nitrogen and oxygen atoms in total. The van der Waals surface area contributed by atoms with Crippen molar-refractivity contribution in [3.05, 3.63) is 75.1 Å². The van der Waals surface area contributed by atoms with Gasteiger partial charge < -0.3 is 18.8 Å². The Morgan fingerprint density at radius 1 is 1.06 bits per heavy atom. The first-order valence-electron chi connectivity index (χ1n) is 10.9. The molecule has 0 saturated carbocycles. The van der Waals surface area contributed by atoms with Crippen LogP contribution in [0.4, 0.5) is 0 Å². The number of hydrogen-bond donors (Lipinski definition) is 0. The van der Waals surface area contributed by atoms with E-state index in [-0.39, 0.29) is 17.1 Å². The normalized spacial score (nSPS) is 18.9. The lowest BCUT2D eigenvalue weighted by Gasteiger charge is -2.31. The van der Waals surface area contributed by atoms with Crippen molar-refractivity contribution < 1.29 is 18.7 Å². The Morgan fingerprint density at radius 3 is 2.62 bits per heavy atom. The molecular weight excluding hydrogens is 408 g/mol. The molecule has 1 aromatic heterocycles. The Kier molecular flexibility index (Phi) is 5.45. The first-order valence-corrected chi connectivity index (χ1v) is 10.9. The van der Waals surface area contributed by atoms with Gasteiger partial charge in [0.1, 0.15) is 11.3 Å². The number of morpholine rings is 1. The van der Waals surface area contributed by atoms with E-state index < -0.39 is 6.04 Å². The van der Waals surface area contributed by atoms with Crippen LogP contribution in [0.1, 0.15) is 33.3 Å². The lowest BCUT2D eigenvalue weighted by Crippen LogP contribution is -2.42. The number of para-hydroxylation sites is 1. The summed E-state index contributed by atoms with van der Waals surface area (Å²) in [6.07, 6.45) is 0. The predicted molar refractivity (Wildman–Crippen MR) is 120 cm³/mol. The summed E-state index contributed by atoms with van der Waals surface area (Å²) < 4.78 is 17.1. The van der Waals surface area contributed by atoms with Crippen LogP contribution in [0.3, 0.4) is 0 Å². The van der Waals surface area contributed by atoms with Crippen LogP contribution >= 0.6 is 0 Å². The number of ether oxygens (including phenoxy) is 2. The van der Waals surface area contributed by atoms with Gasteiger partial charge in [-0.15, -0.1) is 0 Å². The molecule has 2 aliphatic rings. The minimum Gasteiger partial charge on any atom is -0.496 e. The zero-order valence-electron chi connectivity index (χ0n) is 18.3. The van der Waals surface area contributed by atoms with Gasteiger partial charge in [-0.2, -0.15) is 0 Å². The average Bonchev–Trinajstić information content (AvgIpc) is 3.10. The van der Waals surface area contributed by atoms with Gasteiger partial charge in [-0.05, 0) is 25.1 Å². The number of rotatable bonds is 5. The summed E-state index contributed by atoms with van der Waals surface area (Å²) >= 11 is 0. The molecule has 0 aliphatic carbocycles. The van der Waals surface area contributed by atoms with Gasteiger partial charge in [-0.25, -0.2) is 0 Å². The summed E-state index contributed by atoms with van der Waals surface area (Å²) in [6, 6.07) is 12.4. The lowest BCUT2D eigenvalue weighted by atomic mass is 9.97. The third-order valence-corrected chi connectivity index (χ3v) is 6.32. The Balaban J connectivity index is 1.64. The molecule has 5 rings (SSSR count). The van der Waals surface area contributed by atoms with Crippen molar-refractivity contribution in [3.8, 4) is 5.75 Å². The number of aryl methyl sites for hydroxylation is 1. The molecule has 32 heavy (non-hydrogen) atoms. The van der Waals surface area contributed by atoms with Gasteiger partial charge in [0.05, 0.1) is 37.3 Å². The third-order valence-electron chi connectivity index (χ3n) is 6.32. The molecule has 2 aromatic carbocycles. The number of amides is 1. The second-order valence-electron chi connectivity index (χ2n) is 8.27. The number of fused-ring (bicyclic) bond motifs is 2. The number of carbonyl (C=O) groups is 1. The fourth-order valence-electron chi connectivity index (χ4n) is 4.65. The fourth-order valence-corrected chi connectivity index (χ4v) is 4.65. The van der Waals surface area contributed by atoms with E-state index >= 15 is 0 Å². The highest BCUT2D eigenvalue weighted by molar-refractivity contribution is 5.99. The van der Waals surface area contributed by atoms with E-state index in [0.29, 0.717) is 48.6 Å². The van der Waals surface area contributed by atoms with Gasteiger partial charge in [-0.3, -0.25) is 14.5 Å². The molecule has 1 atom stereocenters. The molecule has 166 valence electrons. The highest BCUT2D eigenvalue weighted by Gasteiger charge is 2.43. The Hall–Kier alpha value is -3.16. The summed E-state index contributed by atoms with van der Waals surface area (Å²) in [5.41, 5.74) is 2.40. The number of nitrogens with zero attached hydrogens (tertiary/aromatic N) is 2. The second-order valence-corrected chi connectivity index (χ2v) is 8.27. The molecule has 0 spiro atoms. The maximum atomic E-state index is 13.6. The van der Waals surface area contributed by atoms with E-state index in [0.717, 1.165) is 24.2 Å². The summed E-state index contributed by atoms with van der Waals surface area (Å²) in [7, 11) is 1.60. The van der Waals surface area contributed by atoms with E-state index in [1.165, 1.54) is 0 Å². The number of carbonyl (C=O) groups excluding carboxylic acids is 1. The monoisotopic (exact) mass is 434 g/mol. The lowest BCUT2D eigenvalue weighted by molar-refractivity contribution is 0.0314. The molecule has 2 aliphatic heterocycles. The zero-order valence-corrected chi connectivity index (χ0v) is 18.3. The van der Waals surface area contributed by atoms with Crippen LogP contribution in [0, 0.1) is 6.92 Å². The van der Waals surface area contributed by atoms with E-state index in [9.17, 15) is 9.59 Å². The maximum absolute atomic E-state index is 13.6. The molecule has 1 saturated heterocycles. The number of methoxy groups -OCH3 is 1. The van der Waals surface area contributed by atoms with Crippen LogP contribution in [-0.4, -0.2) is 62.2 Å². The largest absolute Gasteiger partial charge is 0.496 e. The molecular formula is C25H26N2O5. The molecule has 1 amide bonds. The number of benzene rings is 2. The van der Waals surface area contributed by atoms with Gasteiger partial charge in [-0.1, -0.05) is 29.8 Å². The quantitative estimate of drug-likeness (QED) is 0.615. The van der Waals surface area contributed by atoms with Crippen molar-refractivity contribution in [2.75, 3.05) is 46.5 Å². The van der Waals surface area contributed by atoms with Gasteiger partial charge in [0, 0.05) is 31.7 Å². The smallest absolute Gasteiger partial charge is 0.290 e. The van der Waals surface area contributed by atoms with E-state index in [4.69, 9.17) is 13.9 Å². The maximum Gasteiger partial charge on any atom is 0.290 e. The molecule has 3 heterocycles. The summed E-state index contributed by atoms with van der Waals surface area (Å²) in [5.74, 6) is 0.506. The SMILES string of the molecule is COc1ccccc1[C@H]1c2c(oc3ccc(C)cc3c2=O)C(=O)N1CCN1CCOCC1. The molecule has 7 heteroatoms. The topological polar surface area (TPSA) is 72.2 Å². The van der Waals surface area contributed by atoms with E-state index in [1.807, 2.05) is 43.3 Å². The highest BCUT2D eigenvalue weighted by atomic mass is 16.5. The van der Waals surface area contributed by atoms with Crippen molar-refractivity contribution in [1.82, 2.24) is 9.80 Å². The van der Waals surface area contributed by atoms with Gasteiger partial charge in [0.25, 0.3) is 5.91 Å². The first kappa shape index (κ1) is 20.7. The Morgan fingerprint density at radius 2 is 1.84 bits per heavy atom. The first-order chi connectivity index (χ1) is 15.6. The van der Waals surface area contributed by atoms with Crippen LogP contribution in [0.25, 0.3) is 11.0 Å². The molecule has 0 N–H and O–H groups in total. The van der Waals surface area contributed by atoms with Crippen LogP contribution in [0.5, 0.6) is 5.75 Å². The van der Waals surface area contributed by atoms with E-state index in [1.54, 1.807) is 18.1 Å². The van der Waals surface area contributed by atoms with Crippen LogP contribution in [0.15, 0.2) is 51.7 Å². The molecule has 0 unspecified atom stereocenters. The third kappa shape index (κ3) is 3.47. The fraction of sp³-hybridized carbons (Fsp3) is 0.360. The number of hydrogen-bond acceptors (Lipinski definition) is 6. The van der Waals surface area contributed by atoms with Crippen molar-refractivity contribution in [2.24, 2.45) is 0 Å². The van der Waals surface area contributed by atoms with Crippen molar-refractivity contribution in [1.29, 1.82) is 0 Å². The van der Waals surface area contributed by atoms with Crippen molar-refractivity contribution in [3.63, 3.8) is 0 Å². The molecule has 3 aromatic rings. The molecule has 0 bridgehead atoms. The minimum atomic E-state index is -0.559. The van der Waals surface area contributed by atoms with Gasteiger partial charge >= 0.3 is 0 Å². The van der Waals surface area contributed by atoms with Gasteiger partial charge in [0.15, 0.2) is 5.43 Å². The predicted octanol–water partition coefficient (Wildman–Crippen LogP) is 2.99. The summed E-state index contributed by atoms with van der Waals surface area (Å²) in [4.78, 5) is 31.2. The average molecular weight is 434 g/mol. The zero-order chi connectivity index (χ0) is 22.2. The summed E-state index contributed by atoms with van der Waals surface area (Å²) in [6.45, 7) is 6.14. The van der Waals surface area contributed by atoms with Crippen molar-refractivity contribution in [2.45, 2.75) is 13.0 Å². The van der Waals surface area contributed by atoms with Gasteiger partial charge in [0.2, 0.25) is 5.76 Å².